The molecule has 2 heterocycles. The fourth-order valence-electron chi connectivity index (χ4n) is 2.97. The second kappa shape index (κ2) is 9.19. The number of phenols is 1. The highest BCUT2D eigenvalue weighted by Crippen LogP contribution is 2.22. The minimum Gasteiger partial charge on any atom is -0.508 e. The van der Waals surface area contributed by atoms with Gasteiger partial charge in [-0.1, -0.05) is 36.4 Å². The summed E-state index contributed by atoms with van der Waals surface area (Å²) in [6.07, 6.45) is 2.34. The highest BCUT2D eigenvalue weighted by Gasteiger charge is 2.20. The molecule has 0 fully saturated rings. The Labute approximate surface area is 178 Å². The molecule has 2 aromatic carbocycles. The van der Waals surface area contributed by atoms with Gasteiger partial charge in [0.15, 0.2) is 0 Å². The summed E-state index contributed by atoms with van der Waals surface area (Å²) in [5.74, 6) is 1.00. The summed E-state index contributed by atoms with van der Waals surface area (Å²) in [6.45, 7) is 0.496. The SMILES string of the molecule is O=C(c1cccs1)N(CCc1ccccc1)c1ccnc(Nc2ccc(O)cc2)n1. The Morgan fingerprint density at radius 2 is 1.80 bits per heavy atom. The van der Waals surface area contributed by atoms with Crippen LogP contribution in [-0.4, -0.2) is 27.5 Å². The largest absolute Gasteiger partial charge is 0.508 e. The molecule has 6 nitrogen and oxygen atoms in total. The van der Waals surface area contributed by atoms with E-state index >= 15 is 0 Å². The van der Waals surface area contributed by atoms with Gasteiger partial charge in [0.05, 0.1) is 4.88 Å². The summed E-state index contributed by atoms with van der Waals surface area (Å²) in [7, 11) is 0. The molecular formula is C23H20N4O2S. The van der Waals surface area contributed by atoms with Gasteiger partial charge in [0.2, 0.25) is 5.95 Å². The summed E-state index contributed by atoms with van der Waals surface area (Å²) in [5, 5.41) is 14.4. The molecule has 0 atom stereocenters. The molecule has 4 rings (SSSR count). The fraction of sp³-hybridized carbons (Fsp3) is 0.0870. The van der Waals surface area contributed by atoms with Crippen LogP contribution < -0.4 is 10.2 Å². The summed E-state index contributed by atoms with van der Waals surface area (Å²) >= 11 is 1.41. The maximum absolute atomic E-state index is 13.2. The predicted octanol–water partition coefficient (Wildman–Crippen LogP) is 4.88. The van der Waals surface area contributed by atoms with Crippen LogP contribution in [-0.2, 0) is 6.42 Å². The highest BCUT2D eigenvalue weighted by atomic mass is 32.1. The van der Waals surface area contributed by atoms with Gasteiger partial charge < -0.3 is 10.4 Å². The van der Waals surface area contributed by atoms with Crippen LogP contribution in [0.15, 0.2) is 84.4 Å². The first kappa shape index (κ1) is 19.6. The Morgan fingerprint density at radius 3 is 2.53 bits per heavy atom. The van der Waals surface area contributed by atoms with Crippen LogP contribution in [0.3, 0.4) is 0 Å². The average molecular weight is 417 g/mol. The highest BCUT2D eigenvalue weighted by molar-refractivity contribution is 7.12. The van der Waals surface area contributed by atoms with Crippen LogP contribution in [0.1, 0.15) is 15.2 Å². The van der Waals surface area contributed by atoms with Gasteiger partial charge in [-0.3, -0.25) is 9.69 Å². The number of benzene rings is 2. The Kier molecular flexibility index (Phi) is 6.01. The van der Waals surface area contributed by atoms with E-state index < -0.39 is 0 Å². The molecule has 0 bridgehead atoms. The summed E-state index contributed by atoms with van der Waals surface area (Å²) in [5.41, 5.74) is 1.89. The number of nitrogens with zero attached hydrogens (tertiary/aromatic N) is 3. The van der Waals surface area contributed by atoms with E-state index in [0.717, 1.165) is 11.3 Å². The summed E-state index contributed by atoms with van der Waals surface area (Å²) < 4.78 is 0. The molecule has 0 unspecified atom stereocenters. The van der Waals surface area contributed by atoms with Crippen molar-refractivity contribution in [1.82, 2.24) is 9.97 Å². The Balaban J connectivity index is 1.59. The van der Waals surface area contributed by atoms with Crippen LogP contribution in [0.5, 0.6) is 5.75 Å². The molecule has 0 radical (unpaired) electrons. The maximum Gasteiger partial charge on any atom is 0.269 e. The number of carbonyl (C=O) groups excluding carboxylic acids is 1. The maximum atomic E-state index is 13.2. The number of hydrogen-bond donors (Lipinski definition) is 2. The molecule has 0 spiro atoms. The minimum atomic E-state index is -0.0878. The van der Waals surface area contributed by atoms with Gasteiger partial charge in [0, 0.05) is 18.4 Å². The molecular weight excluding hydrogens is 396 g/mol. The monoisotopic (exact) mass is 416 g/mol. The van der Waals surface area contributed by atoms with E-state index in [0.29, 0.717) is 29.6 Å². The lowest BCUT2D eigenvalue weighted by molar-refractivity contribution is 0.0990. The number of rotatable bonds is 7. The molecule has 0 saturated carbocycles. The molecule has 2 aromatic heterocycles. The number of amides is 1. The quantitative estimate of drug-likeness (QED) is 0.420. The number of carbonyl (C=O) groups is 1. The van der Waals surface area contributed by atoms with Crippen LogP contribution in [0, 0.1) is 0 Å². The Hall–Kier alpha value is -3.71. The van der Waals surface area contributed by atoms with Crippen molar-refractivity contribution in [2.45, 2.75) is 6.42 Å². The van der Waals surface area contributed by atoms with Crippen molar-refractivity contribution in [2.75, 3.05) is 16.8 Å². The van der Waals surface area contributed by atoms with Crippen molar-refractivity contribution in [3.63, 3.8) is 0 Å². The molecule has 7 heteroatoms. The van der Waals surface area contributed by atoms with Crippen LogP contribution >= 0.6 is 11.3 Å². The van der Waals surface area contributed by atoms with Crippen LogP contribution in [0.25, 0.3) is 0 Å². The van der Waals surface area contributed by atoms with E-state index in [9.17, 15) is 9.90 Å². The van der Waals surface area contributed by atoms with Gasteiger partial charge in [-0.15, -0.1) is 11.3 Å². The second-order valence-corrected chi connectivity index (χ2v) is 7.53. The van der Waals surface area contributed by atoms with Gasteiger partial charge in [0.25, 0.3) is 5.91 Å². The smallest absolute Gasteiger partial charge is 0.269 e. The third kappa shape index (κ3) is 4.82. The molecule has 0 aliphatic heterocycles. The van der Waals surface area contributed by atoms with E-state index in [1.807, 2.05) is 47.8 Å². The first-order chi connectivity index (χ1) is 14.7. The number of anilines is 3. The van der Waals surface area contributed by atoms with E-state index in [-0.39, 0.29) is 11.7 Å². The van der Waals surface area contributed by atoms with Crippen LogP contribution in [0.4, 0.5) is 17.5 Å². The van der Waals surface area contributed by atoms with E-state index in [2.05, 4.69) is 15.3 Å². The summed E-state index contributed by atoms with van der Waals surface area (Å²) in [4.78, 5) is 24.3. The third-order valence-electron chi connectivity index (χ3n) is 4.48. The number of aromatic hydroxyl groups is 1. The standard InChI is InChI=1S/C23H20N4O2S/c28-19-10-8-18(9-11-19)25-23-24-14-12-21(26-23)27(22(29)20-7-4-16-30-20)15-13-17-5-2-1-3-6-17/h1-12,14,16,28H,13,15H2,(H,24,25,26). The number of nitrogens with one attached hydrogen (secondary N) is 1. The Bertz CT molecular complexity index is 1100. The molecule has 4 aromatic rings. The average Bonchev–Trinajstić information content (AvgIpc) is 3.31. The van der Waals surface area contributed by atoms with Crippen LogP contribution in [0.2, 0.25) is 0 Å². The summed E-state index contributed by atoms with van der Waals surface area (Å²) in [6, 6.07) is 22.1. The number of phenolic OH excluding ortho intramolecular Hbond substituents is 1. The number of hydrogen-bond acceptors (Lipinski definition) is 6. The van der Waals surface area contributed by atoms with Crippen molar-refractivity contribution >= 4 is 34.7 Å². The normalized spacial score (nSPS) is 10.5. The third-order valence-corrected chi connectivity index (χ3v) is 5.34. The minimum absolute atomic E-state index is 0.0878. The lowest BCUT2D eigenvalue weighted by Gasteiger charge is -2.21. The molecule has 1 amide bonds. The fourth-order valence-corrected chi connectivity index (χ4v) is 3.64. The first-order valence-corrected chi connectivity index (χ1v) is 10.4. The number of aromatic nitrogens is 2. The van der Waals surface area contributed by atoms with Crippen molar-refractivity contribution in [2.24, 2.45) is 0 Å². The molecule has 0 aliphatic carbocycles. The van der Waals surface area contributed by atoms with Crippen molar-refractivity contribution in [3.05, 3.63) is 94.8 Å². The second-order valence-electron chi connectivity index (χ2n) is 6.58. The van der Waals surface area contributed by atoms with Crippen molar-refractivity contribution in [1.29, 1.82) is 0 Å². The zero-order valence-corrected chi connectivity index (χ0v) is 16.9. The van der Waals surface area contributed by atoms with Gasteiger partial charge in [-0.25, -0.2) is 4.98 Å². The molecule has 150 valence electrons. The van der Waals surface area contributed by atoms with Gasteiger partial charge in [-0.2, -0.15) is 4.98 Å². The number of thiophene rings is 1. The van der Waals surface area contributed by atoms with E-state index in [1.54, 1.807) is 41.4 Å². The first-order valence-electron chi connectivity index (χ1n) is 9.47. The van der Waals surface area contributed by atoms with E-state index in [1.165, 1.54) is 11.3 Å². The van der Waals surface area contributed by atoms with Gasteiger partial charge >= 0.3 is 0 Å². The predicted molar refractivity (Wildman–Crippen MR) is 120 cm³/mol. The lowest BCUT2D eigenvalue weighted by atomic mass is 10.1. The Morgan fingerprint density at radius 1 is 1.00 bits per heavy atom. The zero-order chi connectivity index (χ0) is 20.8. The topological polar surface area (TPSA) is 78.4 Å². The van der Waals surface area contributed by atoms with Crippen molar-refractivity contribution in [3.8, 4) is 5.75 Å². The molecule has 2 N–H and O–H groups in total. The molecule has 0 saturated heterocycles. The molecule has 0 aliphatic rings. The molecule has 30 heavy (non-hydrogen) atoms. The van der Waals surface area contributed by atoms with Crippen molar-refractivity contribution < 1.29 is 9.90 Å². The van der Waals surface area contributed by atoms with E-state index in [4.69, 9.17) is 0 Å². The van der Waals surface area contributed by atoms with Gasteiger partial charge in [0.1, 0.15) is 11.6 Å². The van der Waals surface area contributed by atoms with Gasteiger partial charge in [-0.05, 0) is 53.8 Å². The zero-order valence-electron chi connectivity index (χ0n) is 16.1. The lowest BCUT2D eigenvalue weighted by Crippen LogP contribution is -2.33.